The summed E-state index contributed by atoms with van der Waals surface area (Å²) in [5.41, 5.74) is 0.709. The molecule has 2 heterocycles. The molecular formula is C15H21ClN4O. The molecule has 6 heteroatoms. The zero-order valence-electron chi connectivity index (χ0n) is 12.9. The number of nitrogens with zero attached hydrogens (tertiary/aromatic N) is 4. The maximum absolute atomic E-state index is 12.2. The van der Waals surface area contributed by atoms with Crippen LogP contribution >= 0.6 is 11.6 Å². The van der Waals surface area contributed by atoms with Crippen LogP contribution in [-0.4, -0.2) is 19.3 Å². The van der Waals surface area contributed by atoms with Crippen molar-refractivity contribution in [2.75, 3.05) is 0 Å². The molecule has 0 aromatic carbocycles. The van der Waals surface area contributed by atoms with Crippen LogP contribution in [0, 0.1) is 0 Å². The molecule has 0 saturated heterocycles. The van der Waals surface area contributed by atoms with Gasteiger partial charge in [0.2, 0.25) is 0 Å². The first-order valence-corrected chi connectivity index (χ1v) is 7.61. The molecule has 2 aromatic rings. The van der Waals surface area contributed by atoms with Crippen LogP contribution in [0.4, 0.5) is 0 Å². The highest BCUT2D eigenvalue weighted by molar-refractivity contribution is 6.29. The SMILES string of the molecule is CCC(C)n1ccc(Cn2c(C(C)C)nc(Cl)cc2=O)n1. The van der Waals surface area contributed by atoms with E-state index in [1.165, 1.54) is 6.07 Å². The molecule has 0 fully saturated rings. The lowest BCUT2D eigenvalue weighted by Crippen LogP contribution is -2.26. The van der Waals surface area contributed by atoms with Crippen molar-refractivity contribution in [3.63, 3.8) is 0 Å². The van der Waals surface area contributed by atoms with E-state index in [4.69, 9.17) is 11.6 Å². The van der Waals surface area contributed by atoms with Gasteiger partial charge in [0, 0.05) is 24.2 Å². The van der Waals surface area contributed by atoms with Crippen LogP contribution in [0.3, 0.4) is 0 Å². The second-order valence-corrected chi connectivity index (χ2v) is 5.95. The van der Waals surface area contributed by atoms with Gasteiger partial charge in [-0.25, -0.2) is 4.98 Å². The number of hydrogen-bond donors (Lipinski definition) is 0. The standard InChI is InChI=1S/C15H21ClN4O/c1-5-11(4)20-7-6-12(18-20)9-19-14(21)8-13(16)17-15(19)10(2)3/h6-8,10-11H,5,9H2,1-4H3. The molecule has 0 amide bonds. The number of aromatic nitrogens is 4. The molecule has 0 bridgehead atoms. The van der Waals surface area contributed by atoms with Crippen molar-refractivity contribution >= 4 is 11.6 Å². The Kier molecular flexibility index (Phi) is 4.83. The van der Waals surface area contributed by atoms with Crippen LogP contribution in [0.2, 0.25) is 5.15 Å². The Morgan fingerprint density at radius 1 is 1.33 bits per heavy atom. The topological polar surface area (TPSA) is 52.7 Å². The highest BCUT2D eigenvalue weighted by Gasteiger charge is 2.13. The summed E-state index contributed by atoms with van der Waals surface area (Å²) < 4.78 is 3.57. The minimum absolute atomic E-state index is 0.119. The predicted molar refractivity (Wildman–Crippen MR) is 83.9 cm³/mol. The molecule has 1 atom stereocenters. The monoisotopic (exact) mass is 308 g/mol. The summed E-state index contributed by atoms with van der Waals surface area (Å²) in [6, 6.07) is 3.64. The van der Waals surface area contributed by atoms with Gasteiger partial charge >= 0.3 is 0 Å². The van der Waals surface area contributed by atoms with Crippen molar-refractivity contribution in [3.8, 4) is 0 Å². The van der Waals surface area contributed by atoms with Gasteiger partial charge in [0.15, 0.2) is 0 Å². The van der Waals surface area contributed by atoms with E-state index in [1.807, 2.05) is 30.8 Å². The van der Waals surface area contributed by atoms with Gasteiger partial charge in [-0.05, 0) is 19.4 Å². The first-order valence-electron chi connectivity index (χ1n) is 7.23. The van der Waals surface area contributed by atoms with Gasteiger partial charge in [0.1, 0.15) is 11.0 Å². The van der Waals surface area contributed by atoms with E-state index in [9.17, 15) is 4.79 Å². The van der Waals surface area contributed by atoms with Crippen molar-refractivity contribution in [3.05, 3.63) is 45.4 Å². The van der Waals surface area contributed by atoms with Gasteiger partial charge in [-0.15, -0.1) is 0 Å². The smallest absolute Gasteiger partial charge is 0.255 e. The minimum Gasteiger partial charge on any atom is -0.290 e. The molecule has 5 nitrogen and oxygen atoms in total. The van der Waals surface area contributed by atoms with E-state index in [-0.39, 0.29) is 16.6 Å². The van der Waals surface area contributed by atoms with Crippen molar-refractivity contribution in [1.29, 1.82) is 0 Å². The van der Waals surface area contributed by atoms with Gasteiger partial charge in [0.25, 0.3) is 5.56 Å². The van der Waals surface area contributed by atoms with Crippen molar-refractivity contribution in [1.82, 2.24) is 19.3 Å². The largest absolute Gasteiger partial charge is 0.290 e. The third-order valence-corrected chi connectivity index (χ3v) is 3.74. The Morgan fingerprint density at radius 3 is 2.67 bits per heavy atom. The Balaban J connectivity index is 2.35. The predicted octanol–water partition coefficient (Wildman–Crippen LogP) is 3.24. The van der Waals surface area contributed by atoms with E-state index in [2.05, 4.69) is 23.9 Å². The van der Waals surface area contributed by atoms with E-state index >= 15 is 0 Å². The van der Waals surface area contributed by atoms with E-state index < -0.39 is 0 Å². The molecular weight excluding hydrogens is 288 g/mol. The summed E-state index contributed by atoms with van der Waals surface area (Å²) in [6.45, 7) is 8.64. The quantitative estimate of drug-likeness (QED) is 0.797. The third-order valence-electron chi connectivity index (χ3n) is 3.55. The molecule has 0 saturated carbocycles. The maximum atomic E-state index is 12.2. The van der Waals surface area contributed by atoms with Gasteiger partial charge in [-0.2, -0.15) is 5.10 Å². The fourth-order valence-electron chi connectivity index (χ4n) is 2.15. The van der Waals surface area contributed by atoms with Gasteiger partial charge in [-0.3, -0.25) is 14.0 Å². The fourth-order valence-corrected chi connectivity index (χ4v) is 2.33. The van der Waals surface area contributed by atoms with Crippen LogP contribution in [0.1, 0.15) is 57.6 Å². The lowest BCUT2D eigenvalue weighted by molar-refractivity contribution is 0.470. The van der Waals surface area contributed by atoms with Gasteiger partial charge in [0.05, 0.1) is 12.2 Å². The molecule has 0 N–H and O–H groups in total. The molecule has 1 unspecified atom stereocenters. The highest BCUT2D eigenvalue weighted by Crippen LogP contribution is 2.15. The number of hydrogen-bond acceptors (Lipinski definition) is 3. The molecule has 0 radical (unpaired) electrons. The van der Waals surface area contributed by atoms with Crippen LogP contribution < -0.4 is 5.56 Å². The minimum atomic E-state index is -0.142. The Labute approximate surface area is 129 Å². The molecule has 114 valence electrons. The maximum Gasteiger partial charge on any atom is 0.255 e. The molecule has 0 aliphatic carbocycles. The Hall–Kier alpha value is -1.62. The average Bonchev–Trinajstić information content (AvgIpc) is 2.89. The molecule has 0 aliphatic heterocycles. The van der Waals surface area contributed by atoms with E-state index in [0.29, 0.717) is 18.4 Å². The highest BCUT2D eigenvalue weighted by atomic mass is 35.5. The molecule has 21 heavy (non-hydrogen) atoms. The molecule has 0 spiro atoms. The molecule has 2 aromatic heterocycles. The van der Waals surface area contributed by atoms with Crippen LogP contribution in [0.25, 0.3) is 0 Å². The summed E-state index contributed by atoms with van der Waals surface area (Å²) in [5, 5.41) is 4.78. The van der Waals surface area contributed by atoms with Crippen molar-refractivity contribution in [2.24, 2.45) is 0 Å². The number of halogens is 1. The second-order valence-electron chi connectivity index (χ2n) is 5.56. The summed E-state index contributed by atoms with van der Waals surface area (Å²) in [5.74, 6) is 0.804. The molecule has 2 rings (SSSR count). The van der Waals surface area contributed by atoms with Gasteiger partial charge < -0.3 is 0 Å². The third kappa shape index (κ3) is 3.53. The summed E-state index contributed by atoms with van der Waals surface area (Å²) in [6.07, 6.45) is 2.97. The average molecular weight is 309 g/mol. The fraction of sp³-hybridized carbons (Fsp3) is 0.533. The Bertz CT molecular complexity index is 675. The summed E-state index contributed by atoms with van der Waals surface area (Å²) in [7, 11) is 0. The lowest BCUT2D eigenvalue weighted by atomic mass is 10.2. The van der Waals surface area contributed by atoms with E-state index in [0.717, 1.165) is 12.1 Å². The Morgan fingerprint density at radius 2 is 2.05 bits per heavy atom. The summed E-state index contributed by atoms with van der Waals surface area (Å²) >= 11 is 5.89. The zero-order chi connectivity index (χ0) is 15.6. The lowest BCUT2D eigenvalue weighted by Gasteiger charge is -2.14. The normalized spacial score (nSPS) is 12.9. The van der Waals surface area contributed by atoms with Crippen LogP contribution in [-0.2, 0) is 6.54 Å². The van der Waals surface area contributed by atoms with Crippen molar-refractivity contribution in [2.45, 2.75) is 52.6 Å². The van der Waals surface area contributed by atoms with E-state index in [1.54, 1.807) is 4.57 Å². The number of rotatable bonds is 5. The first kappa shape index (κ1) is 15.8. The summed E-state index contributed by atoms with van der Waals surface area (Å²) in [4.78, 5) is 16.5. The van der Waals surface area contributed by atoms with Crippen LogP contribution in [0.5, 0.6) is 0 Å². The second kappa shape index (κ2) is 6.43. The zero-order valence-corrected chi connectivity index (χ0v) is 13.6. The first-order chi connectivity index (χ1) is 9.92. The molecule has 0 aliphatic rings. The van der Waals surface area contributed by atoms with Gasteiger partial charge in [-0.1, -0.05) is 32.4 Å². The van der Waals surface area contributed by atoms with Crippen LogP contribution in [0.15, 0.2) is 23.1 Å². The van der Waals surface area contributed by atoms with Crippen molar-refractivity contribution < 1.29 is 0 Å².